The van der Waals surface area contributed by atoms with Crippen molar-refractivity contribution in [3.8, 4) is 5.75 Å². The Bertz CT molecular complexity index is 544. The molecule has 5 heteroatoms. The summed E-state index contributed by atoms with van der Waals surface area (Å²) in [6.45, 7) is 1.44. The van der Waals surface area contributed by atoms with Crippen molar-refractivity contribution in [2.45, 2.75) is 32.1 Å². The van der Waals surface area contributed by atoms with Gasteiger partial charge in [-0.2, -0.15) is 0 Å². The van der Waals surface area contributed by atoms with Crippen LogP contribution in [0.25, 0.3) is 0 Å². The lowest BCUT2D eigenvalue weighted by molar-refractivity contribution is -0.138. The molecule has 0 aromatic heterocycles. The summed E-state index contributed by atoms with van der Waals surface area (Å²) in [5.74, 6) is 0.825. The zero-order valence-corrected chi connectivity index (χ0v) is 13.3. The molecular formula is C18H24FNO3. The summed E-state index contributed by atoms with van der Waals surface area (Å²) in [6.07, 6.45) is 5.44. The summed E-state index contributed by atoms with van der Waals surface area (Å²) >= 11 is 0. The van der Waals surface area contributed by atoms with Crippen LogP contribution in [-0.2, 0) is 4.79 Å². The Kier molecular flexibility index (Phi) is 4.85. The van der Waals surface area contributed by atoms with Gasteiger partial charge in [-0.1, -0.05) is 12.8 Å². The average Bonchev–Trinajstić information content (AvgIpc) is 3.38. The highest BCUT2D eigenvalue weighted by Gasteiger charge is 2.40. The molecule has 1 atom stereocenters. The molecule has 2 aliphatic rings. The number of rotatable bonds is 6. The number of carbonyl (C=O) groups is 1. The summed E-state index contributed by atoms with van der Waals surface area (Å²) in [5.41, 5.74) is -0.134. The molecule has 1 aliphatic carbocycles. The topological polar surface area (TPSA) is 49.8 Å². The third kappa shape index (κ3) is 4.22. The second kappa shape index (κ2) is 6.87. The average molecular weight is 321 g/mol. The fourth-order valence-electron chi connectivity index (χ4n) is 3.48. The number of amides is 1. The highest BCUT2D eigenvalue weighted by molar-refractivity contribution is 5.78. The van der Waals surface area contributed by atoms with Crippen LogP contribution in [0.4, 0.5) is 4.39 Å². The van der Waals surface area contributed by atoms with Gasteiger partial charge in [0.25, 0.3) is 5.91 Å². The van der Waals surface area contributed by atoms with Crippen LogP contribution in [0.3, 0.4) is 0 Å². The van der Waals surface area contributed by atoms with Crippen molar-refractivity contribution in [1.29, 1.82) is 0 Å². The Morgan fingerprint density at radius 1 is 1.35 bits per heavy atom. The van der Waals surface area contributed by atoms with E-state index in [0.29, 0.717) is 12.3 Å². The van der Waals surface area contributed by atoms with Gasteiger partial charge in [-0.3, -0.25) is 4.79 Å². The van der Waals surface area contributed by atoms with Gasteiger partial charge in [-0.25, -0.2) is 4.39 Å². The molecule has 0 radical (unpaired) electrons. The maximum atomic E-state index is 12.9. The minimum absolute atomic E-state index is 0.0451. The van der Waals surface area contributed by atoms with Crippen molar-refractivity contribution >= 4 is 5.91 Å². The minimum atomic E-state index is -0.326. The lowest BCUT2D eigenvalue weighted by atomic mass is 9.76. The third-order valence-electron chi connectivity index (χ3n) is 4.94. The molecule has 3 rings (SSSR count). The normalized spacial score (nSPS) is 24.5. The van der Waals surface area contributed by atoms with Crippen LogP contribution in [0.5, 0.6) is 5.75 Å². The van der Waals surface area contributed by atoms with Gasteiger partial charge in [-0.15, -0.1) is 0 Å². The van der Waals surface area contributed by atoms with Gasteiger partial charge in [-0.05, 0) is 49.4 Å². The number of aliphatic hydroxyl groups is 1. The van der Waals surface area contributed by atoms with Crippen LogP contribution in [0, 0.1) is 17.2 Å². The Morgan fingerprint density at radius 2 is 2.09 bits per heavy atom. The van der Waals surface area contributed by atoms with E-state index < -0.39 is 0 Å². The van der Waals surface area contributed by atoms with Crippen molar-refractivity contribution in [2.75, 3.05) is 26.3 Å². The van der Waals surface area contributed by atoms with Crippen LogP contribution in [0.15, 0.2) is 24.3 Å². The first-order valence-electron chi connectivity index (χ1n) is 8.37. The maximum Gasteiger partial charge on any atom is 0.260 e. The monoisotopic (exact) mass is 321 g/mol. The molecule has 1 unspecified atom stereocenters. The molecule has 1 N–H and O–H groups in total. The van der Waals surface area contributed by atoms with E-state index in [1.165, 1.54) is 37.1 Å². The number of aliphatic hydroxyl groups excluding tert-OH is 1. The smallest absolute Gasteiger partial charge is 0.260 e. The van der Waals surface area contributed by atoms with Crippen LogP contribution in [0.2, 0.25) is 0 Å². The Morgan fingerprint density at radius 3 is 2.74 bits per heavy atom. The summed E-state index contributed by atoms with van der Waals surface area (Å²) < 4.78 is 18.3. The van der Waals surface area contributed by atoms with E-state index in [0.717, 1.165) is 31.7 Å². The number of hydrogen-bond donors (Lipinski definition) is 1. The van der Waals surface area contributed by atoms with E-state index in [1.54, 1.807) is 0 Å². The number of piperidine rings is 1. The van der Waals surface area contributed by atoms with Gasteiger partial charge in [0.15, 0.2) is 6.61 Å². The summed E-state index contributed by atoms with van der Waals surface area (Å²) in [4.78, 5) is 14.2. The lowest BCUT2D eigenvalue weighted by Crippen LogP contribution is -2.49. The van der Waals surface area contributed by atoms with E-state index in [2.05, 4.69) is 0 Å². The first-order valence-corrected chi connectivity index (χ1v) is 8.37. The lowest BCUT2D eigenvalue weighted by Gasteiger charge is -2.42. The van der Waals surface area contributed by atoms with E-state index in [9.17, 15) is 14.3 Å². The number of benzene rings is 1. The van der Waals surface area contributed by atoms with Gasteiger partial charge < -0.3 is 14.7 Å². The molecule has 1 amide bonds. The van der Waals surface area contributed by atoms with Crippen LogP contribution in [-0.4, -0.2) is 42.2 Å². The fraction of sp³-hybridized carbons (Fsp3) is 0.611. The van der Waals surface area contributed by atoms with Gasteiger partial charge >= 0.3 is 0 Å². The van der Waals surface area contributed by atoms with Crippen molar-refractivity contribution in [1.82, 2.24) is 4.90 Å². The SMILES string of the molecule is O=C(COc1ccc(F)cc1)N1CCCC(CO)(CC2CC2)C1. The maximum absolute atomic E-state index is 12.9. The highest BCUT2D eigenvalue weighted by atomic mass is 19.1. The summed E-state index contributed by atoms with van der Waals surface area (Å²) in [6, 6.07) is 5.66. The predicted molar refractivity (Wildman–Crippen MR) is 84.6 cm³/mol. The standard InChI is InChI=1S/C18H24FNO3/c19-15-4-6-16(7-5-15)23-11-17(22)20-9-1-8-18(12-20,13-21)10-14-2-3-14/h4-7,14,21H,1-3,8-13H2. The van der Waals surface area contributed by atoms with Gasteiger partial charge in [0.1, 0.15) is 11.6 Å². The first kappa shape index (κ1) is 16.2. The van der Waals surface area contributed by atoms with Crippen LogP contribution >= 0.6 is 0 Å². The molecule has 1 aromatic carbocycles. The Hall–Kier alpha value is -1.62. The second-order valence-electron chi connectivity index (χ2n) is 6.97. The molecule has 1 saturated heterocycles. The van der Waals surface area contributed by atoms with Crippen molar-refractivity contribution in [3.05, 3.63) is 30.1 Å². The van der Waals surface area contributed by atoms with Crippen molar-refractivity contribution in [2.24, 2.45) is 11.3 Å². The molecule has 23 heavy (non-hydrogen) atoms. The zero-order chi connectivity index (χ0) is 16.3. The first-order chi connectivity index (χ1) is 11.1. The van der Waals surface area contributed by atoms with Crippen molar-refractivity contribution in [3.63, 3.8) is 0 Å². The molecule has 0 spiro atoms. The molecular weight excluding hydrogens is 297 g/mol. The number of halogens is 1. The largest absolute Gasteiger partial charge is 0.484 e. The fourth-order valence-corrected chi connectivity index (χ4v) is 3.48. The Labute approximate surface area is 136 Å². The molecule has 1 aromatic rings. The number of hydrogen-bond acceptors (Lipinski definition) is 3. The van der Waals surface area contributed by atoms with Crippen LogP contribution in [0.1, 0.15) is 32.1 Å². The van der Waals surface area contributed by atoms with Gasteiger partial charge in [0.05, 0.1) is 6.61 Å². The molecule has 1 aliphatic heterocycles. The van der Waals surface area contributed by atoms with E-state index in [1.807, 2.05) is 4.90 Å². The third-order valence-corrected chi connectivity index (χ3v) is 4.94. The number of likely N-dealkylation sites (tertiary alicyclic amines) is 1. The molecule has 126 valence electrons. The van der Waals surface area contributed by atoms with E-state index in [4.69, 9.17) is 4.74 Å². The molecule has 0 bridgehead atoms. The molecule has 1 heterocycles. The van der Waals surface area contributed by atoms with Gasteiger partial charge in [0.2, 0.25) is 0 Å². The molecule has 2 fully saturated rings. The number of carbonyl (C=O) groups excluding carboxylic acids is 1. The highest BCUT2D eigenvalue weighted by Crippen LogP contribution is 2.44. The van der Waals surface area contributed by atoms with E-state index >= 15 is 0 Å². The molecule has 1 saturated carbocycles. The number of nitrogens with zero attached hydrogens (tertiary/aromatic N) is 1. The van der Waals surface area contributed by atoms with Crippen LogP contribution < -0.4 is 4.74 Å². The van der Waals surface area contributed by atoms with E-state index in [-0.39, 0.29) is 30.4 Å². The van der Waals surface area contributed by atoms with Crippen molar-refractivity contribution < 1.29 is 19.0 Å². The quantitative estimate of drug-likeness (QED) is 0.876. The summed E-state index contributed by atoms with van der Waals surface area (Å²) in [5, 5.41) is 9.85. The van der Waals surface area contributed by atoms with Gasteiger partial charge in [0, 0.05) is 18.5 Å². The summed E-state index contributed by atoms with van der Waals surface area (Å²) in [7, 11) is 0. The number of ether oxygens (including phenoxy) is 1. The minimum Gasteiger partial charge on any atom is -0.484 e. The molecule has 4 nitrogen and oxygen atoms in total. The Balaban J connectivity index is 1.54. The second-order valence-corrected chi connectivity index (χ2v) is 6.97. The zero-order valence-electron chi connectivity index (χ0n) is 13.3. The predicted octanol–water partition coefficient (Wildman–Crippen LogP) is 2.61.